The Bertz CT molecular complexity index is 905. The molecule has 1 N–H and O–H groups in total. The number of benzene rings is 3. The van der Waals surface area contributed by atoms with E-state index in [1.165, 1.54) is 11.1 Å². The monoisotopic (exact) mass is 439 g/mol. The minimum absolute atomic E-state index is 0.500. The van der Waals surface area contributed by atoms with E-state index in [0.29, 0.717) is 19.8 Å². The first-order valence-corrected chi connectivity index (χ1v) is 10.3. The molecular formula is C24H26BrNO2. The Morgan fingerprint density at radius 1 is 0.821 bits per heavy atom. The molecule has 0 aliphatic carbocycles. The van der Waals surface area contributed by atoms with E-state index in [-0.39, 0.29) is 0 Å². The van der Waals surface area contributed by atoms with Crippen LogP contribution in [0.1, 0.15) is 29.2 Å². The largest absolute Gasteiger partial charge is 0.490 e. The zero-order valence-electron chi connectivity index (χ0n) is 16.6. The van der Waals surface area contributed by atoms with Crippen LogP contribution >= 0.6 is 15.9 Å². The van der Waals surface area contributed by atoms with Crippen molar-refractivity contribution in [1.29, 1.82) is 0 Å². The highest BCUT2D eigenvalue weighted by Crippen LogP contribution is 2.37. The predicted molar refractivity (Wildman–Crippen MR) is 119 cm³/mol. The summed E-state index contributed by atoms with van der Waals surface area (Å²) < 4.78 is 12.8. The zero-order chi connectivity index (χ0) is 19.9. The highest BCUT2D eigenvalue weighted by atomic mass is 79.9. The number of ether oxygens (including phenoxy) is 2. The van der Waals surface area contributed by atoms with Gasteiger partial charge in [0.2, 0.25) is 0 Å². The number of rotatable bonds is 8. The molecule has 28 heavy (non-hydrogen) atoms. The Morgan fingerprint density at radius 3 is 2.11 bits per heavy atom. The Labute approximate surface area is 175 Å². The van der Waals surface area contributed by atoms with Gasteiger partial charge >= 0.3 is 0 Å². The Kier molecular flexibility index (Phi) is 6.99. The molecule has 0 bridgehead atoms. The van der Waals surface area contributed by atoms with E-state index in [4.69, 9.17) is 9.47 Å². The van der Waals surface area contributed by atoms with Gasteiger partial charge in [0, 0.05) is 12.2 Å². The van der Waals surface area contributed by atoms with Crippen LogP contribution in [0.25, 0.3) is 0 Å². The lowest BCUT2D eigenvalue weighted by Crippen LogP contribution is -2.04. The first-order chi connectivity index (χ1) is 13.5. The van der Waals surface area contributed by atoms with E-state index in [9.17, 15) is 0 Å². The Hall–Kier alpha value is -2.46. The molecule has 0 amide bonds. The molecule has 0 radical (unpaired) electrons. The van der Waals surface area contributed by atoms with Crippen molar-refractivity contribution in [3.05, 3.63) is 87.4 Å². The van der Waals surface area contributed by atoms with Gasteiger partial charge < -0.3 is 14.8 Å². The minimum atomic E-state index is 0.500. The molecule has 0 heterocycles. The Morgan fingerprint density at radius 2 is 1.46 bits per heavy atom. The minimum Gasteiger partial charge on any atom is -0.490 e. The van der Waals surface area contributed by atoms with Crippen LogP contribution in [0.3, 0.4) is 0 Å². The molecule has 4 heteroatoms. The van der Waals surface area contributed by atoms with Crippen molar-refractivity contribution in [2.75, 3.05) is 11.9 Å². The fourth-order valence-corrected chi connectivity index (χ4v) is 3.45. The van der Waals surface area contributed by atoms with E-state index >= 15 is 0 Å². The lowest BCUT2D eigenvalue weighted by Gasteiger charge is -2.16. The third kappa shape index (κ3) is 5.52. The SMILES string of the molecule is CCOc1cc(CNc2ccc(C)cc2)cc(Br)c1OCc1ccc(C)cc1. The number of hydrogen-bond acceptors (Lipinski definition) is 3. The van der Waals surface area contributed by atoms with Crippen LogP contribution in [-0.4, -0.2) is 6.61 Å². The molecular weight excluding hydrogens is 414 g/mol. The molecule has 0 atom stereocenters. The van der Waals surface area contributed by atoms with Crippen molar-refractivity contribution >= 4 is 21.6 Å². The summed E-state index contributed by atoms with van der Waals surface area (Å²) in [6.07, 6.45) is 0. The van der Waals surface area contributed by atoms with E-state index in [1.807, 2.05) is 13.0 Å². The maximum Gasteiger partial charge on any atom is 0.175 e. The molecule has 0 aromatic heterocycles. The predicted octanol–water partition coefficient (Wildman–Crippen LogP) is 6.66. The summed E-state index contributed by atoms with van der Waals surface area (Å²) in [5.41, 5.74) is 5.84. The van der Waals surface area contributed by atoms with E-state index < -0.39 is 0 Å². The van der Waals surface area contributed by atoms with Gasteiger partial charge in [-0.1, -0.05) is 47.5 Å². The fraction of sp³-hybridized carbons (Fsp3) is 0.250. The summed E-state index contributed by atoms with van der Waals surface area (Å²) in [6.45, 7) is 7.94. The fourth-order valence-electron chi connectivity index (χ4n) is 2.84. The van der Waals surface area contributed by atoms with Gasteiger partial charge in [-0.25, -0.2) is 0 Å². The molecule has 146 valence electrons. The normalized spacial score (nSPS) is 10.6. The van der Waals surface area contributed by atoms with Gasteiger partial charge in [-0.3, -0.25) is 0 Å². The molecule has 0 aliphatic heterocycles. The molecule has 0 saturated carbocycles. The average Bonchev–Trinajstić information content (AvgIpc) is 2.68. The van der Waals surface area contributed by atoms with Crippen LogP contribution in [0.5, 0.6) is 11.5 Å². The van der Waals surface area contributed by atoms with Crippen molar-refractivity contribution in [3.63, 3.8) is 0 Å². The third-order valence-corrected chi connectivity index (χ3v) is 5.01. The lowest BCUT2D eigenvalue weighted by atomic mass is 10.1. The quantitative estimate of drug-likeness (QED) is 0.425. The van der Waals surface area contributed by atoms with Crippen molar-refractivity contribution in [2.45, 2.75) is 33.9 Å². The molecule has 0 saturated heterocycles. The van der Waals surface area contributed by atoms with Crippen LogP contribution in [0.4, 0.5) is 5.69 Å². The molecule has 3 aromatic carbocycles. The van der Waals surface area contributed by atoms with Crippen molar-refractivity contribution in [2.24, 2.45) is 0 Å². The maximum absolute atomic E-state index is 6.09. The van der Waals surface area contributed by atoms with Gasteiger partial charge in [0.05, 0.1) is 11.1 Å². The second kappa shape index (κ2) is 9.65. The van der Waals surface area contributed by atoms with E-state index in [0.717, 1.165) is 32.8 Å². The highest BCUT2D eigenvalue weighted by Gasteiger charge is 2.13. The van der Waals surface area contributed by atoms with E-state index in [1.54, 1.807) is 0 Å². The van der Waals surface area contributed by atoms with Crippen molar-refractivity contribution in [1.82, 2.24) is 0 Å². The molecule has 3 rings (SSSR count). The van der Waals surface area contributed by atoms with E-state index in [2.05, 4.69) is 89.7 Å². The number of nitrogens with one attached hydrogen (secondary N) is 1. The van der Waals surface area contributed by atoms with Gasteiger partial charge in [0.1, 0.15) is 6.61 Å². The number of anilines is 1. The molecule has 3 aromatic rings. The highest BCUT2D eigenvalue weighted by molar-refractivity contribution is 9.10. The molecule has 0 aliphatic rings. The summed E-state index contributed by atoms with van der Waals surface area (Å²) in [4.78, 5) is 0. The Balaban J connectivity index is 1.73. The van der Waals surface area contributed by atoms with Crippen LogP contribution in [0.15, 0.2) is 65.1 Å². The van der Waals surface area contributed by atoms with Crippen LogP contribution in [0.2, 0.25) is 0 Å². The number of hydrogen-bond donors (Lipinski definition) is 1. The summed E-state index contributed by atoms with van der Waals surface area (Å²) in [5.74, 6) is 1.49. The first kappa shape index (κ1) is 20.3. The summed E-state index contributed by atoms with van der Waals surface area (Å²) in [5, 5.41) is 3.45. The molecule has 0 spiro atoms. The van der Waals surface area contributed by atoms with Gasteiger partial charge in [-0.05, 0) is 72.1 Å². The van der Waals surface area contributed by atoms with Crippen molar-refractivity contribution < 1.29 is 9.47 Å². The van der Waals surface area contributed by atoms with Gasteiger partial charge in [-0.15, -0.1) is 0 Å². The second-order valence-corrected chi connectivity index (χ2v) is 7.69. The number of aryl methyl sites for hydroxylation is 2. The van der Waals surface area contributed by atoms with Crippen LogP contribution < -0.4 is 14.8 Å². The van der Waals surface area contributed by atoms with Gasteiger partial charge in [0.15, 0.2) is 11.5 Å². The smallest absolute Gasteiger partial charge is 0.175 e. The third-order valence-electron chi connectivity index (χ3n) is 4.42. The maximum atomic E-state index is 6.09. The lowest BCUT2D eigenvalue weighted by molar-refractivity contribution is 0.267. The average molecular weight is 440 g/mol. The van der Waals surface area contributed by atoms with Gasteiger partial charge in [-0.2, -0.15) is 0 Å². The summed E-state index contributed by atoms with van der Waals surface area (Å²) in [6, 6.07) is 20.9. The number of halogens is 1. The molecule has 3 nitrogen and oxygen atoms in total. The summed E-state index contributed by atoms with van der Waals surface area (Å²) >= 11 is 3.66. The summed E-state index contributed by atoms with van der Waals surface area (Å²) in [7, 11) is 0. The van der Waals surface area contributed by atoms with Crippen LogP contribution in [-0.2, 0) is 13.2 Å². The van der Waals surface area contributed by atoms with Crippen LogP contribution in [0, 0.1) is 13.8 Å². The van der Waals surface area contributed by atoms with Crippen molar-refractivity contribution in [3.8, 4) is 11.5 Å². The zero-order valence-corrected chi connectivity index (χ0v) is 18.2. The first-order valence-electron chi connectivity index (χ1n) is 9.49. The topological polar surface area (TPSA) is 30.5 Å². The standard InChI is InChI=1S/C24H26BrNO2/c1-4-27-23-14-20(15-26-21-11-7-18(3)8-12-21)13-22(25)24(23)28-16-19-9-5-17(2)6-10-19/h5-14,26H,4,15-16H2,1-3H3. The molecule has 0 fully saturated rings. The second-order valence-electron chi connectivity index (χ2n) is 6.83. The van der Waals surface area contributed by atoms with Gasteiger partial charge in [0.25, 0.3) is 0 Å². The molecule has 0 unspecified atom stereocenters.